The first-order valence-electron chi connectivity index (χ1n) is 7.95. The monoisotopic (exact) mass is 307 g/mol. The first-order valence-corrected chi connectivity index (χ1v) is 7.95. The zero-order chi connectivity index (χ0) is 15.9. The largest absolute Gasteiger partial charge is 0.505 e. The minimum absolute atomic E-state index is 0.108. The maximum absolute atomic E-state index is 13.4. The molecule has 2 N–H and O–H groups in total. The molecule has 5 heteroatoms. The number of halogens is 1. The molecule has 1 aliphatic heterocycles. The van der Waals surface area contributed by atoms with Crippen LogP contribution in [0.3, 0.4) is 0 Å². The zero-order valence-corrected chi connectivity index (χ0v) is 12.8. The van der Waals surface area contributed by atoms with Crippen molar-refractivity contribution in [1.29, 1.82) is 0 Å². The van der Waals surface area contributed by atoms with E-state index in [4.69, 9.17) is 0 Å². The molecule has 1 saturated carbocycles. The number of aromatic hydroxyl groups is 1. The standard InChI is InChI=1S/C17H22FNO3/c1-2-17(22)7-3-4-12-9-19(10-13(12)17)16(21)11-5-6-15(20)14(18)8-11/h5-6,8,12-13,20,22H,2-4,7,9-10H2,1H3/t12-,13+,17-/m1/s1. The minimum atomic E-state index is -0.785. The van der Waals surface area contributed by atoms with E-state index in [2.05, 4.69) is 0 Å². The van der Waals surface area contributed by atoms with E-state index in [1.165, 1.54) is 12.1 Å². The molecule has 1 aromatic carbocycles. The van der Waals surface area contributed by atoms with Gasteiger partial charge in [0.2, 0.25) is 0 Å². The van der Waals surface area contributed by atoms with Crippen molar-refractivity contribution in [1.82, 2.24) is 4.90 Å². The summed E-state index contributed by atoms with van der Waals surface area (Å²) in [5, 5.41) is 20.0. The van der Waals surface area contributed by atoms with Gasteiger partial charge in [-0.2, -0.15) is 0 Å². The van der Waals surface area contributed by atoms with E-state index in [1.54, 1.807) is 4.90 Å². The van der Waals surface area contributed by atoms with Gasteiger partial charge in [-0.1, -0.05) is 13.3 Å². The summed E-state index contributed by atoms with van der Waals surface area (Å²) in [5.74, 6) is -1.03. The third-order valence-electron chi connectivity index (χ3n) is 5.41. The first kappa shape index (κ1) is 15.3. The molecule has 120 valence electrons. The molecule has 2 fully saturated rings. The summed E-state index contributed by atoms with van der Waals surface area (Å²) in [6.07, 6.45) is 3.51. The van der Waals surface area contributed by atoms with Crippen LogP contribution in [0.4, 0.5) is 4.39 Å². The van der Waals surface area contributed by atoms with Crippen LogP contribution in [0.15, 0.2) is 18.2 Å². The number of amides is 1. The highest BCUT2D eigenvalue weighted by Gasteiger charge is 2.48. The Bertz CT molecular complexity index is 591. The Labute approximate surface area is 129 Å². The van der Waals surface area contributed by atoms with Crippen molar-refractivity contribution in [2.45, 2.75) is 38.2 Å². The van der Waals surface area contributed by atoms with Crippen LogP contribution < -0.4 is 0 Å². The van der Waals surface area contributed by atoms with Crippen molar-refractivity contribution in [3.63, 3.8) is 0 Å². The van der Waals surface area contributed by atoms with E-state index in [-0.39, 0.29) is 17.4 Å². The molecule has 1 aromatic rings. The maximum atomic E-state index is 13.4. The van der Waals surface area contributed by atoms with E-state index in [9.17, 15) is 19.4 Å². The van der Waals surface area contributed by atoms with Crippen LogP contribution in [0.5, 0.6) is 5.75 Å². The topological polar surface area (TPSA) is 60.8 Å². The van der Waals surface area contributed by atoms with Gasteiger partial charge in [-0.3, -0.25) is 4.79 Å². The van der Waals surface area contributed by atoms with Gasteiger partial charge in [0.15, 0.2) is 11.6 Å². The number of carbonyl (C=O) groups is 1. The molecule has 0 radical (unpaired) electrons. The fourth-order valence-corrected chi connectivity index (χ4v) is 4.06. The Balaban J connectivity index is 1.79. The van der Waals surface area contributed by atoms with Gasteiger partial charge in [-0.05, 0) is 43.4 Å². The van der Waals surface area contributed by atoms with E-state index < -0.39 is 17.2 Å². The molecule has 1 aliphatic carbocycles. The SMILES string of the molecule is CC[C@@]1(O)CCC[C@@H]2CN(C(=O)c3ccc(O)c(F)c3)C[C@@H]21. The number of rotatable bonds is 2. The lowest BCUT2D eigenvalue weighted by Gasteiger charge is -2.40. The van der Waals surface area contributed by atoms with Crippen molar-refractivity contribution in [2.75, 3.05) is 13.1 Å². The highest BCUT2D eigenvalue weighted by atomic mass is 19.1. The molecule has 0 bridgehead atoms. The van der Waals surface area contributed by atoms with E-state index in [0.29, 0.717) is 25.4 Å². The van der Waals surface area contributed by atoms with Crippen molar-refractivity contribution in [2.24, 2.45) is 11.8 Å². The third kappa shape index (κ3) is 2.47. The van der Waals surface area contributed by atoms with Gasteiger partial charge in [0.25, 0.3) is 5.91 Å². The summed E-state index contributed by atoms with van der Waals surface area (Å²) >= 11 is 0. The second-order valence-electron chi connectivity index (χ2n) is 6.59. The van der Waals surface area contributed by atoms with Gasteiger partial charge in [0.1, 0.15) is 0 Å². The third-order valence-corrected chi connectivity index (χ3v) is 5.41. The Morgan fingerprint density at radius 3 is 2.91 bits per heavy atom. The fraction of sp³-hybridized carbons (Fsp3) is 0.588. The fourth-order valence-electron chi connectivity index (χ4n) is 4.06. The van der Waals surface area contributed by atoms with Gasteiger partial charge in [-0.15, -0.1) is 0 Å². The summed E-state index contributed by atoms with van der Waals surface area (Å²) in [6.45, 7) is 3.13. The average Bonchev–Trinajstić information content (AvgIpc) is 2.95. The van der Waals surface area contributed by atoms with E-state index in [1.807, 2.05) is 6.92 Å². The number of nitrogens with zero attached hydrogens (tertiary/aromatic N) is 1. The lowest BCUT2D eigenvalue weighted by atomic mass is 9.69. The highest BCUT2D eigenvalue weighted by Crippen LogP contribution is 2.44. The van der Waals surface area contributed by atoms with Crippen LogP contribution in [0.25, 0.3) is 0 Å². The normalized spacial score (nSPS) is 31.1. The van der Waals surface area contributed by atoms with E-state index >= 15 is 0 Å². The smallest absolute Gasteiger partial charge is 0.253 e. The number of hydrogen-bond acceptors (Lipinski definition) is 3. The van der Waals surface area contributed by atoms with Crippen LogP contribution in [0.2, 0.25) is 0 Å². The number of phenolic OH excluding ortho intramolecular Hbond substituents is 1. The molecular weight excluding hydrogens is 285 g/mol. The Kier molecular flexibility index (Phi) is 3.85. The number of fused-ring (bicyclic) bond motifs is 1. The zero-order valence-electron chi connectivity index (χ0n) is 12.8. The van der Waals surface area contributed by atoms with Gasteiger partial charge < -0.3 is 15.1 Å². The summed E-state index contributed by atoms with van der Waals surface area (Å²) in [5.41, 5.74) is -0.438. The van der Waals surface area contributed by atoms with Gasteiger partial charge >= 0.3 is 0 Å². The van der Waals surface area contributed by atoms with Crippen molar-refractivity contribution in [3.05, 3.63) is 29.6 Å². The molecule has 22 heavy (non-hydrogen) atoms. The molecule has 3 atom stereocenters. The Morgan fingerprint density at radius 1 is 1.45 bits per heavy atom. The second kappa shape index (κ2) is 5.54. The average molecular weight is 307 g/mol. The second-order valence-corrected chi connectivity index (χ2v) is 6.59. The lowest BCUT2D eigenvalue weighted by molar-refractivity contribution is -0.0609. The number of hydrogen-bond donors (Lipinski definition) is 2. The molecule has 1 heterocycles. The Morgan fingerprint density at radius 2 is 2.23 bits per heavy atom. The molecule has 0 aromatic heterocycles. The number of likely N-dealkylation sites (tertiary alicyclic amines) is 1. The first-order chi connectivity index (χ1) is 10.4. The van der Waals surface area contributed by atoms with Crippen LogP contribution in [0.1, 0.15) is 43.0 Å². The molecule has 0 unspecified atom stereocenters. The predicted octanol–water partition coefficient (Wildman–Crippen LogP) is 2.54. The molecule has 1 saturated heterocycles. The van der Waals surface area contributed by atoms with E-state index in [0.717, 1.165) is 25.3 Å². The van der Waals surface area contributed by atoms with Gasteiger partial charge in [0.05, 0.1) is 5.60 Å². The number of aliphatic hydroxyl groups is 1. The molecule has 2 aliphatic rings. The summed E-state index contributed by atoms with van der Waals surface area (Å²) < 4.78 is 13.4. The highest BCUT2D eigenvalue weighted by molar-refractivity contribution is 5.94. The van der Waals surface area contributed by atoms with Crippen molar-refractivity contribution >= 4 is 5.91 Å². The molecule has 1 amide bonds. The minimum Gasteiger partial charge on any atom is -0.505 e. The summed E-state index contributed by atoms with van der Waals surface area (Å²) in [4.78, 5) is 14.3. The van der Waals surface area contributed by atoms with Crippen molar-refractivity contribution < 1.29 is 19.4 Å². The maximum Gasteiger partial charge on any atom is 0.253 e. The molecule has 4 nitrogen and oxygen atoms in total. The quantitative estimate of drug-likeness (QED) is 0.882. The Hall–Kier alpha value is -1.62. The van der Waals surface area contributed by atoms with Crippen LogP contribution in [-0.2, 0) is 0 Å². The summed E-state index contributed by atoms with van der Waals surface area (Å²) in [7, 11) is 0. The van der Waals surface area contributed by atoms with Gasteiger partial charge in [0, 0.05) is 24.6 Å². The van der Waals surface area contributed by atoms with Crippen LogP contribution in [0, 0.1) is 17.7 Å². The number of phenols is 1. The molecule has 0 spiro atoms. The summed E-state index contributed by atoms with van der Waals surface area (Å²) in [6, 6.07) is 3.72. The predicted molar refractivity (Wildman–Crippen MR) is 80.0 cm³/mol. The number of carbonyl (C=O) groups excluding carboxylic acids is 1. The lowest BCUT2D eigenvalue weighted by Crippen LogP contribution is -2.44. The molecular formula is C17H22FNO3. The van der Waals surface area contributed by atoms with Crippen molar-refractivity contribution in [3.8, 4) is 5.75 Å². The van der Waals surface area contributed by atoms with Crippen LogP contribution in [-0.4, -0.2) is 39.7 Å². The van der Waals surface area contributed by atoms with Crippen LogP contribution >= 0.6 is 0 Å². The molecule has 3 rings (SSSR count). The number of benzene rings is 1. The van der Waals surface area contributed by atoms with Gasteiger partial charge in [-0.25, -0.2) is 4.39 Å².